The van der Waals surface area contributed by atoms with Crippen LogP contribution in [0.5, 0.6) is 11.5 Å². The van der Waals surface area contributed by atoms with Crippen molar-refractivity contribution in [3.8, 4) is 11.5 Å². The number of hydrogen-bond acceptors (Lipinski definition) is 4. The van der Waals surface area contributed by atoms with Crippen LogP contribution in [0.15, 0.2) is 42.5 Å². The van der Waals surface area contributed by atoms with Gasteiger partial charge in [-0.25, -0.2) is 4.39 Å². The lowest BCUT2D eigenvalue weighted by Crippen LogP contribution is -2.20. The average molecular weight is 358 g/mol. The molecule has 1 saturated carbocycles. The molecule has 0 aliphatic heterocycles. The number of halogens is 1. The Balaban J connectivity index is 1.58. The summed E-state index contributed by atoms with van der Waals surface area (Å²) in [5, 5.41) is 5.40. The summed E-state index contributed by atoms with van der Waals surface area (Å²) in [5.41, 5.74) is 0.935. The normalized spacial score (nSPS) is 18.0. The molecule has 1 aliphatic carbocycles. The van der Waals surface area contributed by atoms with E-state index in [-0.39, 0.29) is 11.8 Å². The molecule has 0 aromatic heterocycles. The van der Waals surface area contributed by atoms with E-state index in [1.807, 2.05) is 0 Å². The highest BCUT2D eigenvalue weighted by atomic mass is 19.1. The SMILES string of the molecule is COc1ccc(NC(=O)C2CC2C(=O)Nc2cccc(F)c2)cc1OC. The van der Waals surface area contributed by atoms with Crippen LogP contribution in [0.1, 0.15) is 6.42 Å². The molecule has 0 saturated heterocycles. The molecule has 26 heavy (non-hydrogen) atoms. The molecular weight excluding hydrogens is 339 g/mol. The van der Waals surface area contributed by atoms with Crippen molar-refractivity contribution in [2.75, 3.05) is 24.9 Å². The highest BCUT2D eigenvalue weighted by Crippen LogP contribution is 2.40. The summed E-state index contributed by atoms with van der Waals surface area (Å²) >= 11 is 0. The zero-order valence-electron chi connectivity index (χ0n) is 14.4. The first-order valence-corrected chi connectivity index (χ1v) is 8.11. The lowest BCUT2D eigenvalue weighted by molar-refractivity contribution is -0.122. The van der Waals surface area contributed by atoms with Crippen molar-refractivity contribution in [2.45, 2.75) is 6.42 Å². The number of ether oxygens (including phenoxy) is 2. The molecule has 2 amide bonds. The summed E-state index contributed by atoms with van der Waals surface area (Å²) in [6, 6.07) is 10.7. The van der Waals surface area contributed by atoms with Gasteiger partial charge in [0.25, 0.3) is 0 Å². The van der Waals surface area contributed by atoms with Crippen molar-refractivity contribution in [1.29, 1.82) is 0 Å². The minimum absolute atomic E-state index is 0.239. The third-order valence-corrected chi connectivity index (χ3v) is 4.21. The molecule has 2 aromatic carbocycles. The van der Waals surface area contributed by atoms with Crippen LogP contribution in [0.3, 0.4) is 0 Å². The summed E-state index contributed by atoms with van der Waals surface area (Å²) < 4.78 is 23.5. The second-order valence-corrected chi connectivity index (χ2v) is 6.01. The van der Waals surface area contributed by atoms with E-state index in [2.05, 4.69) is 10.6 Å². The minimum Gasteiger partial charge on any atom is -0.493 e. The van der Waals surface area contributed by atoms with Crippen LogP contribution in [-0.4, -0.2) is 26.0 Å². The average Bonchev–Trinajstić information content (AvgIpc) is 3.42. The van der Waals surface area contributed by atoms with E-state index in [1.54, 1.807) is 24.3 Å². The Labute approximate surface area is 150 Å². The Morgan fingerprint density at radius 3 is 2.12 bits per heavy atom. The first-order valence-electron chi connectivity index (χ1n) is 8.11. The molecule has 0 spiro atoms. The Bertz CT molecular complexity index is 840. The fraction of sp³-hybridized carbons (Fsp3) is 0.263. The first-order chi connectivity index (χ1) is 12.5. The van der Waals surface area contributed by atoms with E-state index in [0.29, 0.717) is 29.3 Å². The number of rotatable bonds is 6. The third kappa shape index (κ3) is 3.93. The molecule has 7 heteroatoms. The number of hydrogen-bond donors (Lipinski definition) is 2. The predicted octanol–water partition coefficient (Wildman–Crippen LogP) is 3.06. The summed E-state index contributed by atoms with van der Waals surface area (Å²) in [6.45, 7) is 0. The van der Waals surface area contributed by atoms with Crippen LogP contribution in [0.25, 0.3) is 0 Å². The van der Waals surface area contributed by atoms with Crippen molar-refractivity contribution < 1.29 is 23.5 Å². The molecule has 1 fully saturated rings. The molecule has 0 radical (unpaired) electrons. The van der Waals surface area contributed by atoms with Crippen LogP contribution in [0.4, 0.5) is 15.8 Å². The molecular formula is C19H19FN2O4. The van der Waals surface area contributed by atoms with Crippen LogP contribution in [0.2, 0.25) is 0 Å². The molecule has 3 rings (SSSR count). The smallest absolute Gasteiger partial charge is 0.228 e. The van der Waals surface area contributed by atoms with Gasteiger partial charge in [0.2, 0.25) is 11.8 Å². The molecule has 6 nitrogen and oxygen atoms in total. The Kier molecular flexibility index (Phi) is 5.06. The monoisotopic (exact) mass is 358 g/mol. The molecule has 136 valence electrons. The highest BCUT2D eigenvalue weighted by molar-refractivity contribution is 6.03. The molecule has 1 aliphatic rings. The number of anilines is 2. The number of amides is 2. The number of benzene rings is 2. The van der Waals surface area contributed by atoms with Gasteiger partial charge in [-0.3, -0.25) is 9.59 Å². The van der Waals surface area contributed by atoms with E-state index < -0.39 is 17.7 Å². The van der Waals surface area contributed by atoms with Gasteiger partial charge in [0.05, 0.1) is 26.1 Å². The second kappa shape index (κ2) is 7.43. The zero-order valence-corrected chi connectivity index (χ0v) is 14.4. The minimum atomic E-state index is -0.429. The topological polar surface area (TPSA) is 76.7 Å². The molecule has 2 unspecified atom stereocenters. The van der Waals surface area contributed by atoms with Crippen LogP contribution >= 0.6 is 0 Å². The van der Waals surface area contributed by atoms with E-state index in [0.717, 1.165) is 0 Å². The maximum atomic E-state index is 13.2. The number of nitrogens with one attached hydrogen (secondary N) is 2. The number of carbonyl (C=O) groups excluding carboxylic acids is 2. The molecule has 2 N–H and O–H groups in total. The quantitative estimate of drug-likeness (QED) is 0.832. The van der Waals surface area contributed by atoms with E-state index in [4.69, 9.17) is 9.47 Å². The summed E-state index contributed by atoms with van der Waals surface area (Å²) in [4.78, 5) is 24.5. The molecule has 2 aromatic rings. The van der Waals surface area contributed by atoms with Gasteiger partial charge in [0, 0.05) is 17.4 Å². The maximum Gasteiger partial charge on any atom is 0.228 e. The van der Waals surface area contributed by atoms with Crippen LogP contribution < -0.4 is 20.1 Å². The highest BCUT2D eigenvalue weighted by Gasteiger charge is 2.48. The van der Waals surface area contributed by atoms with Crippen LogP contribution in [0, 0.1) is 17.7 Å². The van der Waals surface area contributed by atoms with Gasteiger partial charge in [-0.15, -0.1) is 0 Å². The van der Waals surface area contributed by atoms with Gasteiger partial charge in [0.15, 0.2) is 11.5 Å². The number of carbonyl (C=O) groups is 2. The fourth-order valence-electron chi connectivity index (χ4n) is 2.72. The summed E-state index contributed by atoms with van der Waals surface area (Å²) in [7, 11) is 3.04. The zero-order chi connectivity index (χ0) is 18.7. The van der Waals surface area contributed by atoms with Crippen molar-refractivity contribution in [1.82, 2.24) is 0 Å². The molecule has 2 atom stereocenters. The van der Waals surface area contributed by atoms with Gasteiger partial charge in [-0.1, -0.05) is 6.07 Å². The lowest BCUT2D eigenvalue weighted by Gasteiger charge is -2.10. The third-order valence-electron chi connectivity index (χ3n) is 4.21. The van der Waals surface area contributed by atoms with Crippen molar-refractivity contribution in [2.24, 2.45) is 11.8 Å². The van der Waals surface area contributed by atoms with Gasteiger partial charge >= 0.3 is 0 Å². The Morgan fingerprint density at radius 1 is 0.923 bits per heavy atom. The lowest BCUT2D eigenvalue weighted by atomic mass is 10.2. The molecule has 0 bridgehead atoms. The maximum absolute atomic E-state index is 13.2. The van der Waals surface area contributed by atoms with E-state index in [1.165, 1.54) is 32.4 Å². The van der Waals surface area contributed by atoms with E-state index >= 15 is 0 Å². The predicted molar refractivity (Wildman–Crippen MR) is 94.8 cm³/mol. The Hall–Kier alpha value is -3.09. The fourth-order valence-corrected chi connectivity index (χ4v) is 2.72. The standard InChI is InChI=1S/C19H19FN2O4/c1-25-16-7-6-13(9-17(16)26-2)22-19(24)15-10-14(15)18(23)21-12-5-3-4-11(20)8-12/h3-9,14-15H,10H2,1-2H3,(H,21,23)(H,22,24). The van der Waals surface area contributed by atoms with Crippen molar-refractivity contribution in [3.05, 3.63) is 48.3 Å². The molecule has 0 heterocycles. The largest absolute Gasteiger partial charge is 0.493 e. The summed E-state index contributed by atoms with van der Waals surface area (Å²) in [5.74, 6) is -0.721. The van der Waals surface area contributed by atoms with Gasteiger partial charge in [0.1, 0.15) is 5.82 Å². The van der Waals surface area contributed by atoms with Crippen molar-refractivity contribution >= 4 is 23.2 Å². The number of methoxy groups -OCH3 is 2. The van der Waals surface area contributed by atoms with Crippen LogP contribution in [-0.2, 0) is 9.59 Å². The van der Waals surface area contributed by atoms with Gasteiger partial charge < -0.3 is 20.1 Å². The van der Waals surface area contributed by atoms with Gasteiger partial charge in [-0.2, -0.15) is 0 Å². The van der Waals surface area contributed by atoms with E-state index in [9.17, 15) is 14.0 Å². The first kappa shape index (κ1) is 17.7. The Morgan fingerprint density at radius 2 is 1.54 bits per heavy atom. The summed E-state index contributed by atoms with van der Waals surface area (Å²) in [6.07, 6.45) is 0.459. The second-order valence-electron chi connectivity index (χ2n) is 6.01. The van der Waals surface area contributed by atoms with Gasteiger partial charge in [-0.05, 0) is 36.8 Å². The van der Waals surface area contributed by atoms with Crippen molar-refractivity contribution in [3.63, 3.8) is 0 Å².